The van der Waals surface area contributed by atoms with Gasteiger partial charge in [0.1, 0.15) is 0 Å². The predicted octanol–water partition coefficient (Wildman–Crippen LogP) is 4.74. The van der Waals surface area contributed by atoms with Crippen LogP contribution in [0.2, 0.25) is 0 Å². The number of aryl methyl sites for hydroxylation is 1. The average Bonchev–Trinajstić information content (AvgIpc) is 3.65. The number of carbonyl (C=O) groups excluding carboxylic acids is 2. The van der Waals surface area contributed by atoms with Gasteiger partial charge in [0.2, 0.25) is 0 Å². The summed E-state index contributed by atoms with van der Waals surface area (Å²) in [6.07, 6.45) is 6.15. The van der Waals surface area contributed by atoms with Crippen molar-refractivity contribution in [2.24, 2.45) is 0 Å². The van der Waals surface area contributed by atoms with Crippen molar-refractivity contribution in [1.82, 2.24) is 20.1 Å². The van der Waals surface area contributed by atoms with Crippen molar-refractivity contribution in [2.45, 2.75) is 45.2 Å². The van der Waals surface area contributed by atoms with E-state index in [1.165, 1.54) is 12.8 Å². The van der Waals surface area contributed by atoms with Crippen LogP contribution in [-0.4, -0.2) is 53.5 Å². The molecule has 0 spiro atoms. The molecule has 1 aliphatic carbocycles. The van der Waals surface area contributed by atoms with E-state index in [1.54, 1.807) is 10.8 Å². The number of benzene rings is 3. The van der Waals surface area contributed by atoms with Gasteiger partial charge in [0.25, 0.3) is 17.4 Å². The largest absolute Gasteiger partial charge is 0.351 e. The molecule has 3 aromatic carbocycles. The molecule has 4 aromatic rings. The molecular formula is C34H36N4O3. The topological polar surface area (TPSA) is 83.4 Å². The number of hydrogen-bond donors (Lipinski definition) is 2. The first-order chi connectivity index (χ1) is 20.0. The van der Waals surface area contributed by atoms with Crippen LogP contribution in [0.1, 0.15) is 57.5 Å². The molecule has 0 unspecified atom stereocenters. The summed E-state index contributed by atoms with van der Waals surface area (Å²) in [6, 6.07) is 21.4. The lowest BCUT2D eigenvalue weighted by Gasteiger charge is -2.17. The number of hydrogen-bond acceptors (Lipinski definition) is 4. The van der Waals surface area contributed by atoms with Crippen LogP contribution in [0.5, 0.6) is 0 Å². The minimum Gasteiger partial charge on any atom is -0.351 e. The van der Waals surface area contributed by atoms with Crippen molar-refractivity contribution >= 4 is 22.6 Å². The summed E-state index contributed by atoms with van der Waals surface area (Å²) in [5.41, 5.74) is 4.71. The Bertz CT molecular complexity index is 1650. The zero-order valence-corrected chi connectivity index (χ0v) is 23.5. The summed E-state index contributed by atoms with van der Waals surface area (Å²) in [7, 11) is 0. The van der Waals surface area contributed by atoms with Crippen molar-refractivity contribution in [3.8, 4) is 11.1 Å². The summed E-state index contributed by atoms with van der Waals surface area (Å²) in [6.45, 7) is 5.89. The second-order valence-corrected chi connectivity index (χ2v) is 11.3. The van der Waals surface area contributed by atoms with Crippen LogP contribution in [0.4, 0.5) is 0 Å². The number of nitrogens with zero attached hydrogens (tertiary/aromatic N) is 2. The summed E-state index contributed by atoms with van der Waals surface area (Å²) in [5.74, 6) is -0.265. The molecule has 2 N–H and O–H groups in total. The molecule has 1 saturated carbocycles. The highest BCUT2D eigenvalue weighted by Crippen LogP contribution is 2.29. The van der Waals surface area contributed by atoms with E-state index >= 15 is 0 Å². The van der Waals surface area contributed by atoms with Gasteiger partial charge in [0.15, 0.2) is 0 Å². The molecule has 210 valence electrons. The van der Waals surface area contributed by atoms with Gasteiger partial charge in [0.05, 0.1) is 12.1 Å². The minimum atomic E-state index is -0.192. The first-order valence-corrected chi connectivity index (χ1v) is 14.6. The van der Waals surface area contributed by atoms with E-state index in [0.717, 1.165) is 54.7 Å². The fourth-order valence-electron chi connectivity index (χ4n) is 5.64. The lowest BCUT2D eigenvalue weighted by molar-refractivity contribution is 0.0942. The van der Waals surface area contributed by atoms with Gasteiger partial charge in [-0.1, -0.05) is 42.5 Å². The van der Waals surface area contributed by atoms with Gasteiger partial charge in [-0.15, -0.1) is 0 Å². The highest BCUT2D eigenvalue weighted by atomic mass is 16.2. The molecule has 1 aromatic heterocycles. The maximum absolute atomic E-state index is 13.6. The Labute approximate surface area is 240 Å². The number of pyridine rings is 1. The minimum absolute atomic E-state index is 0.0728. The number of aromatic nitrogens is 1. The van der Waals surface area contributed by atoms with Gasteiger partial charge in [-0.25, -0.2) is 0 Å². The number of amides is 2. The van der Waals surface area contributed by atoms with E-state index in [9.17, 15) is 14.4 Å². The van der Waals surface area contributed by atoms with E-state index < -0.39 is 0 Å². The Hall–Kier alpha value is -4.23. The van der Waals surface area contributed by atoms with Crippen LogP contribution < -0.4 is 16.2 Å². The van der Waals surface area contributed by atoms with Gasteiger partial charge in [-0.3, -0.25) is 14.4 Å². The van der Waals surface area contributed by atoms with Gasteiger partial charge < -0.3 is 20.1 Å². The predicted molar refractivity (Wildman–Crippen MR) is 162 cm³/mol. The van der Waals surface area contributed by atoms with Crippen LogP contribution in [0, 0.1) is 6.92 Å². The molecular weight excluding hydrogens is 512 g/mol. The lowest BCUT2D eigenvalue weighted by atomic mass is 9.94. The van der Waals surface area contributed by atoms with Gasteiger partial charge in [-0.2, -0.15) is 0 Å². The smallest absolute Gasteiger partial charge is 0.258 e. The highest BCUT2D eigenvalue weighted by Gasteiger charge is 2.24. The van der Waals surface area contributed by atoms with Gasteiger partial charge >= 0.3 is 0 Å². The molecule has 6 rings (SSSR count). The Morgan fingerprint density at radius 1 is 0.902 bits per heavy atom. The van der Waals surface area contributed by atoms with E-state index in [0.29, 0.717) is 35.0 Å². The van der Waals surface area contributed by atoms with Crippen LogP contribution in [-0.2, 0) is 6.54 Å². The van der Waals surface area contributed by atoms with Crippen LogP contribution in [0.3, 0.4) is 0 Å². The molecule has 0 bridgehead atoms. The van der Waals surface area contributed by atoms with E-state index in [-0.39, 0.29) is 23.4 Å². The third-order valence-corrected chi connectivity index (χ3v) is 8.16. The third-order valence-electron chi connectivity index (χ3n) is 8.16. The highest BCUT2D eigenvalue weighted by molar-refractivity contribution is 6.07. The van der Waals surface area contributed by atoms with Crippen molar-refractivity contribution in [3.05, 3.63) is 106 Å². The van der Waals surface area contributed by atoms with E-state index in [4.69, 9.17) is 0 Å². The first kappa shape index (κ1) is 27.0. The quantitative estimate of drug-likeness (QED) is 0.317. The molecule has 2 amide bonds. The number of likely N-dealkylation sites (tertiary alicyclic amines) is 1. The summed E-state index contributed by atoms with van der Waals surface area (Å²) >= 11 is 0. The number of carbonyl (C=O) groups is 2. The van der Waals surface area contributed by atoms with Crippen molar-refractivity contribution < 1.29 is 9.59 Å². The maximum Gasteiger partial charge on any atom is 0.258 e. The average molecular weight is 549 g/mol. The van der Waals surface area contributed by atoms with Gasteiger partial charge in [0, 0.05) is 41.7 Å². The second kappa shape index (κ2) is 11.7. The summed E-state index contributed by atoms with van der Waals surface area (Å²) in [4.78, 5) is 42.4. The zero-order valence-electron chi connectivity index (χ0n) is 23.5. The van der Waals surface area contributed by atoms with Crippen molar-refractivity contribution in [3.63, 3.8) is 0 Å². The molecule has 0 radical (unpaired) electrons. The monoisotopic (exact) mass is 548 g/mol. The number of fused-ring (bicyclic) bond motifs is 1. The van der Waals surface area contributed by atoms with Crippen molar-refractivity contribution in [2.75, 3.05) is 26.2 Å². The lowest BCUT2D eigenvalue weighted by Crippen LogP contribution is -2.34. The molecule has 2 fully saturated rings. The SMILES string of the molecule is Cc1ccc(C(=O)NC2CC2)cc1-c1ccc2c(=O)n(Cc3ccccc3)cc(C(=O)NCCN3CCCC3)c2c1. The molecule has 41 heavy (non-hydrogen) atoms. The maximum atomic E-state index is 13.6. The summed E-state index contributed by atoms with van der Waals surface area (Å²) < 4.78 is 1.63. The Morgan fingerprint density at radius 3 is 2.44 bits per heavy atom. The van der Waals surface area contributed by atoms with Crippen LogP contribution in [0.15, 0.2) is 77.7 Å². The van der Waals surface area contributed by atoms with Crippen LogP contribution >= 0.6 is 0 Å². The van der Waals surface area contributed by atoms with Crippen LogP contribution in [0.25, 0.3) is 21.9 Å². The zero-order chi connectivity index (χ0) is 28.3. The second-order valence-electron chi connectivity index (χ2n) is 11.3. The normalized spacial score (nSPS) is 15.2. The third kappa shape index (κ3) is 6.10. The molecule has 0 atom stereocenters. The molecule has 2 aliphatic rings. The first-order valence-electron chi connectivity index (χ1n) is 14.6. The summed E-state index contributed by atoms with van der Waals surface area (Å²) in [5, 5.41) is 7.27. The molecule has 7 nitrogen and oxygen atoms in total. The Kier molecular flexibility index (Phi) is 7.70. The molecule has 1 saturated heterocycles. The van der Waals surface area contributed by atoms with E-state index in [2.05, 4.69) is 15.5 Å². The van der Waals surface area contributed by atoms with Crippen molar-refractivity contribution in [1.29, 1.82) is 0 Å². The number of nitrogens with one attached hydrogen (secondary N) is 2. The standard InChI is InChI=1S/C34H36N4O3/c1-23-9-10-26(32(39)36-27-12-13-27)20-29(23)25-11-14-28-30(19-25)31(33(40)35-15-18-37-16-5-6-17-37)22-38(34(28)41)21-24-7-3-2-4-8-24/h2-4,7-11,14,19-20,22,27H,5-6,12-13,15-18,21H2,1H3,(H,35,40)(H,36,39). The fourth-order valence-corrected chi connectivity index (χ4v) is 5.64. The molecule has 1 aliphatic heterocycles. The Morgan fingerprint density at radius 2 is 1.68 bits per heavy atom. The molecule has 7 heteroatoms. The number of rotatable bonds is 9. The van der Waals surface area contributed by atoms with Gasteiger partial charge in [-0.05, 0) is 92.2 Å². The fraction of sp³-hybridized carbons (Fsp3) is 0.324. The molecule has 2 heterocycles. The van der Waals surface area contributed by atoms with E-state index in [1.807, 2.05) is 73.7 Å². The Balaban J connectivity index is 1.38.